The number of piperazine rings is 1. The zero-order chi connectivity index (χ0) is 5.56. The van der Waals surface area contributed by atoms with Gasteiger partial charge in [0.15, 0.2) is 0 Å². The van der Waals surface area contributed by atoms with Crippen molar-refractivity contribution in [2.75, 3.05) is 20.1 Å². The Hall–Kier alpha value is 0.500. The van der Waals surface area contributed by atoms with Gasteiger partial charge in [-0.05, 0) is 13.5 Å². The van der Waals surface area contributed by atoms with E-state index in [1.807, 2.05) is 0 Å². The van der Waals surface area contributed by atoms with Crippen LogP contribution in [0, 0.1) is 0 Å². The third-order valence-electron chi connectivity index (χ3n) is 2.19. The number of nitrogens with one attached hydrogen (secondary N) is 1. The van der Waals surface area contributed by atoms with Crippen molar-refractivity contribution in [1.29, 1.82) is 0 Å². The highest BCUT2D eigenvalue weighted by Crippen LogP contribution is 2.28. The molecule has 4 heteroatoms. The van der Waals surface area contributed by atoms with Gasteiger partial charge in [-0.1, -0.05) is 0 Å². The lowest BCUT2D eigenvalue weighted by molar-refractivity contribution is 0.279. The molecular weight excluding hydrogens is 171 g/mol. The van der Waals surface area contributed by atoms with Crippen LogP contribution in [0.2, 0.25) is 0 Å². The van der Waals surface area contributed by atoms with E-state index in [9.17, 15) is 0 Å². The highest BCUT2D eigenvalue weighted by molar-refractivity contribution is 5.85. The summed E-state index contributed by atoms with van der Waals surface area (Å²) in [6.07, 6.45) is 1.39. The first-order chi connectivity index (χ1) is 3.88. The molecule has 2 fully saturated rings. The van der Waals surface area contributed by atoms with Gasteiger partial charge in [-0.3, -0.25) is 0 Å². The second-order valence-corrected chi connectivity index (χ2v) is 2.84. The van der Waals surface area contributed by atoms with E-state index >= 15 is 0 Å². The lowest BCUT2D eigenvalue weighted by atomic mass is 10.4. The molecule has 1 N–H and O–H groups in total. The Bertz CT molecular complexity index is 110. The Morgan fingerprint density at radius 2 is 2.10 bits per heavy atom. The summed E-state index contributed by atoms with van der Waals surface area (Å²) in [6.45, 7) is 2.43. The topological polar surface area (TPSA) is 15.3 Å². The number of hydrogen-bond donors (Lipinski definition) is 1. The van der Waals surface area contributed by atoms with Gasteiger partial charge in [0.25, 0.3) is 0 Å². The predicted octanol–water partition coefficient (Wildman–Crippen LogP) is 0.506. The molecule has 1 heterocycles. The minimum absolute atomic E-state index is 0. The summed E-state index contributed by atoms with van der Waals surface area (Å²) < 4.78 is 0. The summed E-state index contributed by atoms with van der Waals surface area (Å²) in [6, 6.07) is 1.75. The molecule has 0 aromatic heterocycles. The van der Waals surface area contributed by atoms with Crippen molar-refractivity contribution in [3.05, 3.63) is 0 Å². The van der Waals surface area contributed by atoms with Crippen molar-refractivity contribution in [2.24, 2.45) is 0 Å². The smallest absolute Gasteiger partial charge is 0.0262 e. The normalized spacial score (nSPS) is 36.9. The van der Waals surface area contributed by atoms with E-state index in [2.05, 4.69) is 17.3 Å². The van der Waals surface area contributed by atoms with E-state index in [0.717, 1.165) is 12.1 Å². The molecule has 0 amide bonds. The molecule has 1 aliphatic heterocycles. The van der Waals surface area contributed by atoms with Gasteiger partial charge >= 0.3 is 0 Å². The van der Waals surface area contributed by atoms with E-state index in [1.54, 1.807) is 0 Å². The molecule has 2 atom stereocenters. The second kappa shape index (κ2) is 3.77. The Balaban J connectivity index is 0.000000405. The summed E-state index contributed by atoms with van der Waals surface area (Å²) in [5, 5.41) is 3.44. The summed E-state index contributed by atoms with van der Waals surface area (Å²) in [5.41, 5.74) is 0. The van der Waals surface area contributed by atoms with Crippen LogP contribution in [-0.2, 0) is 0 Å². The van der Waals surface area contributed by atoms with Crippen LogP contribution in [0.4, 0.5) is 0 Å². The molecule has 1 aliphatic carbocycles. The number of rotatable bonds is 0. The Morgan fingerprint density at radius 1 is 1.40 bits per heavy atom. The van der Waals surface area contributed by atoms with Crippen molar-refractivity contribution < 1.29 is 0 Å². The van der Waals surface area contributed by atoms with Crippen molar-refractivity contribution in [3.63, 3.8) is 0 Å². The first-order valence-electron chi connectivity index (χ1n) is 3.31. The lowest BCUT2D eigenvalue weighted by Crippen LogP contribution is -2.41. The zero-order valence-electron chi connectivity index (χ0n) is 6.04. The van der Waals surface area contributed by atoms with Gasteiger partial charge < -0.3 is 10.2 Å². The van der Waals surface area contributed by atoms with E-state index in [4.69, 9.17) is 0 Å². The van der Waals surface area contributed by atoms with Gasteiger partial charge in [0.05, 0.1) is 0 Å². The monoisotopic (exact) mass is 184 g/mol. The van der Waals surface area contributed by atoms with E-state index in [0.29, 0.717) is 0 Å². The lowest BCUT2D eigenvalue weighted by Gasteiger charge is -2.21. The molecule has 2 nitrogen and oxygen atoms in total. The zero-order valence-corrected chi connectivity index (χ0v) is 7.67. The minimum Gasteiger partial charge on any atom is -0.311 e. The summed E-state index contributed by atoms with van der Waals surface area (Å²) in [5.74, 6) is 0. The van der Waals surface area contributed by atoms with Gasteiger partial charge in [0.2, 0.25) is 0 Å². The molecule has 0 bridgehead atoms. The maximum atomic E-state index is 3.44. The number of nitrogens with zero attached hydrogens (tertiary/aromatic N) is 1. The molecule has 0 aromatic carbocycles. The van der Waals surface area contributed by atoms with Gasteiger partial charge in [-0.15, -0.1) is 24.8 Å². The molecule has 2 unspecified atom stereocenters. The fourth-order valence-electron chi connectivity index (χ4n) is 1.48. The van der Waals surface area contributed by atoms with Crippen LogP contribution >= 0.6 is 24.8 Å². The average molecular weight is 185 g/mol. The number of hydrogen-bond acceptors (Lipinski definition) is 2. The first-order valence-corrected chi connectivity index (χ1v) is 3.31. The maximum Gasteiger partial charge on any atom is 0.0262 e. The van der Waals surface area contributed by atoms with Crippen LogP contribution < -0.4 is 5.32 Å². The van der Waals surface area contributed by atoms with Crippen LogP contribution in [0.3, 0.4) is 0 Å². The third kappa shape index (κ3) is 1.76. The Kier molecular flexibility index (Phi) is 3.95. The summed E-state index contributed by atoms with van der Waals surface area (Å²) in [4.78, 5) is 2.45. The first kappa shape index (κ1) is 10.5. The molecule has 0 radical (unpaired) electrons. The van der Waals surface area contributed by atoms with E-state index in [-0.39, 0.29) is 24.8 Å². The van der Waals surface area contributed by atoms with Crippen LogP contribution in [0.25, 0.3) is 0 Å². The standard InChI is InChI=1S/C6H12N2.2ClH/c1-8-3-2-7-5-4-6(5)8;;/h5-7H,2-4H2,1H3;2*1H. The van der Waals surface area contributed by atoms with E-state index in [1.165, 1.54) is 19.5 Å². The van der Waals surface area contributed by atoms with Crippen molar-refractivity contribution in [1.82, 2.24) is 10.2 Å². The van der Waals surface area contributed by atoms with Gasteiger partial charge in [0.1, 0.15) is 0 Å². The summed E-state index contributed by atoms with van der Waals surface area (Å²) >= 11 is 0. The molecule has 1 saturated heterocycles. The molecular formula is C6H14Cl2N2. The fourth-order valence-corrected chi connectivity index (χ4v) is 1.48. The largest absolute Gasteiger partial charge is 0.311 e. The predicted molar refractivity (Wildman–Crippen MR) is 47.3 cm³/mol. The van der Waals surface area contributed by atoms with Crippen LogP contribution in [-0.4, -0.2) is 37.1 Å². The van der Waals surface area contributed by atoms with Crippen LogP contribution in [0.15, 0.2) is 0 Å². The summed E-state index contributed by atoms with van der Waals surface area (Å²) in [7, 11) is 2.21. The van der Waals surface area contributed by atoms with Crippen molar-refractivity contribution >= 4 is 24.8 Å². The van der Waals surface area contributed by atoms with E-state index < -0.39 is 0 Å². The number of fused-ring (bicyclic) bond motifs is 1. The quantitative estimate of drug-likeness (QED) is 0.591. The molecule has 0 spiro atoms. The SMILES string of the molecule is CN1CCNC2CC21.Cl.Cl. The molecule has 10 heavy (non-hydrogen) atoms. The fraction of sp³-hybridized carbons (Fsp3) is 1.00. The van der Waals surface area contributed by atoms with Crippen LogP contribution in [0.1, 0.15) is 6.42 Å². The molecule has 62 valence electrons. The highest BCUT2D eigenvalue weighted by Gasteiger charge is 2.41. The highest BCUT2D eigenvalue weighted by atomic mass is 35.5. The van der Waals surface area contributed by atoms with Gasteiger partial charge in [0, 0.05) is 25.2 Å². The Morgan fingerprint density at radius 3 is 2.60 bits per heavy atom. The molecule has 0 aromatic rings. The van der Waals surface area contributed by atoms with Crippen LogP contribution in [0.5, 0.6) is 0 Å². The van der Waals surface area contributed by atoms with Gasteiger partial charge in [-0.25, -0.2) is 0 Å². The minimum atomic E-state index is 0. The number of halogens is 2. The Labute approximate surface area is 74.2 Å². The molecule has 2 aliphatic rings. The third-order valence-corrected chi connectivity index (χ3v) is 2.19. The van der Waals surface area contributed by atoms with Crippen molar-refractivity contribution in [3.8, 4) is 0 Å². The molecule has 2 rings (SSSR count). The van der Waals surface area contributed by atoms with Gasteiger partial charge in [-0.2, -0.15) is 0 Å². The maximum absolute atomic E-state index is 3.44. The van der Waals surface area contributed by atoms with Crippen molar-refractivity contribution in [2.45, 2.75) is 18.5 Å². The second-order valence-electron chi connectivity index (χ2n) is 2.84. The number of likely N-dealkylation sites (N-methyl/N-ethyl adjacent to an activating group) is 1. The molecule has 1 saturated carbocycles. The average Bonchev–Trinajstić information content (AvgIpc) is 2.45.